The Kier molecular flexibility index (Phi) is 5.99. The third-order valence-electron chi connectivity index (χ3n) is 4.19. The highest BCUT2D eigenvalue weighted by molar-refractivity contribution is 7.09. The van der Waals surface area contributed by atoms with Crippen LogP contribution < -0.4 is 18.9 Å². The van der Waals surface area contributed by atoms with Crippen LogP contribution in [0.4, 0.5) is 4.39 Å². The summed E-state index contributed by atoms with van der Waals surface area (Å²) >= 11 is 1.39. The molecular formula is C21H18FNO6S. The fraction of sp³-hybridized carbons (Fsp3) is 0.238. The van der Waals surface area contributed by atoms with Crippen LogP contribution in [0.15, 0.2) is 41.8 Å². The minimum Gasteiger partial charge on any atom is -0.493 e. The smallest absolute Gasteiger partial charge is 0.338 e. The van der Waals surface area contributed by atoms with Crippen LogP contribution >= 0.6 is 11.3 Å². The number of hydrogen-bond donors (Lipinski definition) is 0. The minimum absolute atomic E-state index is 0.0165. The van der Waals surface area contributed by atoms with Crippen molar-refractivity contribution >= 4 is 17.3 Å². The van der Waals surface area contributed by atoms with Gasteiger partial charge in [-0.3, -0.25) is 0 Å². The van der Waals surface area contributed by atoms with Crippen LogP contribution in [0.3, 0.4) is 0 Å². The number of nitrogens with zero attached hydrogens (tertiary/aromatic N) is 1. The van der Waals surface area contributed by atoms with E-state index in [1.807, 2.05) is 0 Å². The first kappa shape index (κ1) is 20.0. The van der Waals surface area contributed by atoms with Gasteiger partial charge in [-0.2, -0.15) is 0 Å². The van der Waals surface area contributed by atoms with Crippen molar-refractivity contribution < 1.29 is 32.9 Å². The number of hydrogen-bond acceptors (Lipinski definition) is 8. The zero-order chi connectivity index (χ0) is 20.9. The second-order valence-electron chi connectivity index (χ2n) is 6.25. The number of fused-ring (bicyclic) bond motifs is 1. The molecule has 0 amide bonds. The normalized spacial score (nSPS) is 12.3. The van der Waals surface area contributed by atoms with Gasteiger partial charge in [-0.1, -0.05) is 0 Å². The second kappa shape index (κ2) is 9.00. The molecule has 0 spiro atoms. The number of benzene rings is 2. The van der Waals surface area contributed by atoms with Crippen molar-refractivity contribution in [2.75, 3.05) is 20.3 Å². The van der Waals surface area contributed by atoms with Crippen LogP contribution in [0, 0.1) is 5.82 Å². The molecule has 0 aliphatic carbocycles. The van der Waals surface area contributed by atoms with Gasteiger partial charge >= 0.3 is 5.97 Å². The van der Waals surface area contributed by atoms with Crippen molar-refractivity contribution in [1.29, 1.82) is 0 Å². The van der Waals surface area contributed by atoms with Crippen LogP contribution in [-0.2, 0) is 18.0 Å². The zero-order valence-corrected chi connectivity index (χ0v) is 16.9. The number of thiazole rings is 1. The molecule has 30 heavy (non-hydrogen) atoms. The third-order valence-corrected chi connectivity index (χ3v) is 5.06. The molecule has 0 bridgehead atoms. The Balaban J connectivity index is 1.35. The lowest BCUT2D eigenvalue weighted by Crippen LogP contribution is -2.17. The maximum absolute atomic E-state index is 12.9. The Hall–Kier alpha value is -3.33. The number of methoxy groups -OCH3 is 1. The van der Waals surface area contributed by atoms with Crippen molar-refractivity contribution in [3.8, 4) is 23.0 Å². The van der Waals surface area contributed by atoms with Gasteiger partial charge < -0.3 is 23.7 Å². The summed E-state index contributed by atoms with van der Waals surface area (Å²) in [5.74, 6) is 1.03. The van der Waals surface area contributed by atoms with Gasteiger partial charge in [-0.15, -0.1) is 11.3 Å². The predicted molar refractivity (Wildman–Crippen MR) is 106 cm³/mol. The Morgan fingerprint density at radius 1 is 1.17 bits per heavy atom. The van der Waals surface area contributed by atoms with E-state index in [4.69, 9.17) is 23.7 Å². The lowest BCUT2D eigenvalue weighted by molar-refractivity contribution is 0.0466. The summed E-state index contributed by atoms with van der Waals surface area (Å²) in [6.45, 7) is 1.08. The van der Waals surface area contributed by atoms with Crippen molar-refractivity contribution in [3.05, 3.63) is 63.9 Å². The lowest BCUT2D eigenvalue weighted by atomic mass is 10.1. The molecule has 0 radical (unpaired) electrons. The number of ether oxygens (including phenoxy) is 5. The van der Waals surface area contributed by atoms with Gasteiger partial charge in [0.1, 0.15) is 43.0 Å². The first-order valence-electron chi connectivity index (χ1n) is 9.09. The average Bonchev–Trinajstić information content (AvgIpc) is 3.24. The highest BCUT2D eigenvalue weighted by Crippen LogP contribution is 2.40. The minimum atomic E-state index is -0.526. The number of halogens is 1. The van der Waals surface area contributed by atoms with E-state index in [0.29, 0.717) is 52.5 Å². The third kappa shape index (κ3) is 4.62. The molecule has 1 aromatic heterocycles. The lowest BCUT2D eigenvalue weighted by Gasteiger charge is -2.21. The summed E-state index contributed by atoms with van der Waals surface area (Å²) in [5.41, 5.74) is 0.904. The molecule has 156 valence electrons. The van der Waals surface area contributed by atoms with E-state index in [0.717, 1.165) is 0 Å². The van der Waals surface area contributed by atoms with Gasteiger partial charge in [0.05, 0.1) is 18.4 Å². The second-order valence-corrected chi connectivity index (χ2v) is 7.20. The predicted octanol–water partition coefficient (Wildman–Crippen LogP) is 4.00. The molecule has 0 atom stereocenters. The highest BCUT2D eigenvalue weighted by Gasteiger charge is 2.21. The fourth-order valence-electron chi connectivity index (χ4n) is 2.77. The number of carbonyl (C=O) groups is 1. The van der Waals surface area contributed by atoms with Crippen molar-refractivity contribution in [1.82, 2.24) is 4.98 Å². The zero-order valence-electron chi connectivity index (χ0n) is 16.1. The quantitative estimate of drug-likeness (QED) is 0.524. The summed E-state index contributed by atoms with van der Waals surface area (Å²) in [6.07, 6.45) is 0. The van der Waals surface area contributed by atoms with Crippen LogP contribution in [0.25, 0.3) is 0 Å². The van der Waals surface area contributed by atoms with E-state index in [2.05, 4.69) is 4.98 Å². The molecule has 1 aliphatic rings. The van der Waals surface area contributed by atoms with Gasteiger partial charge in [-0.05, 0) is 36.4 Å². The molecule has 4 rings (SSSR count). The van der Waals surface area contributed by atoms with Crippen molar-refractivity contribution in [2.24, 2.45) is 0 Å². The maximum atomic E-state index is 12.9. The molecule has 0 fully saturated rings. The van der Waals surface area contributed by atoms with Crippen molar-refractivity contribution in [2.45, 2.75) is 13.2 Å². The summed E-state index contributed by atoms with van der Waals surface area (Å²) < 4.78 is 40.2. The van der Waals surface area contributed by atoms with Crippen LogP contribution in [0.1, 0.15) is 21.1 Å². The molecule has 3 aromatic rings. The van der Waals surface area contributed by atoms with E-state index in [1.165, 1.54) is 30.6 Å². The summed E-state index contributed by atoms with van der Waals surface area (Å²) in [4.78, 5) is 16.8. The largest absolute Gasteiger partial charge is 0.493 e. The van der Waals surface area contributed by atoms with Crippen molar-refractivity contribution in [3.63, 3.8) is 0 Å². The average molecular weight is 431 g/mol. The molecule has 2 aromatic carbocycles. The van der Waals surface area contributed by atoms with E-state index in [-0.39, 0.29) is 19.0 Å². The van der Waals surface area contributed by atoms with E-state index in [9.17, 15) is 9.18 Å². The van der Waals surface area contributed by atoms with Gasteiger partial charge in [0.2, 0.25) is 5.75 Å². The highest BCUT2D eigenvalue weighted by atomic mass is 32.1. The number of carbonyl (C=O) groups excluding carboxylic acids is 1. The molecule has 7 nitrogen and oxygen atoms in total. The van der Waals surface area contributed by atoms with E-state index < -0.39 is 5.97 Å². The van der Waals surface area contributed by atoms with Gasteiger partial charge in [-0.25, -0.2) is 14.2 Å². The molecule has 1 aliphatic heterocycles. The first-order valence-corrected chi connectivity index (χ1v) is 9.97. The monoisotopic (exact) mass is 431 g/mol. The SMILES string of the molecule is COc1cc(C(=O)OCc2csc(COc3ccc(F)cc3)n2)cc2c1OCCO2. The van der Waals surface area contributed by atoms with E-state index >= 15 is 0 Å². The molecule has 0 unspecified atom stereocenters. The van der Waals surface area contributed by atoms with Gasteiger partial charge in [0.25, 0.3) is 0 Å². The number of esters is 1. The van der Waals surface area contributed by atoms with Gasteiger partial charge in [0, 0.05) is 5.38 Å². The maximum Gasteiger partial charge on any atom is 0.338 e. The van der Waals surface area contributed by atoms with Crippen LogP contribution in [0.2, 0.25) is 0 Å². The molecular weight excluding hydrogens is 413 g/mol. The summed E-state index contributed by atoms with van der Waals surface area (Å²) in [7, 11) is 1.49. The summed E-state index contributed by atoms with van der Waals surface area (Å²) in [6, 6.07) is 8.88. The molecule has 0 saturated heterocycles. The number of rotatable bonds is 7. The van der Waals surface area contributed by atoms with Crippen LogP contribution in [-0.4, -0.2) is 31.3 Å². The Morgan fingerprint density at radius 3 is 2.77 bits per heavy atom. The van der Waals surface area contributed by atoms with E-state index in [1.54, 1.807) is 29.6 Å². The van der Waals surface area contributed by atoms with Crippen LogP contribution in [0.5, 0.6) is 23.0 Å². The first-order chi connectivity index (χ1) is 14.6. The Bertz CT molecular complexity index is 1020. The fourth-order valence-corrected chi connectivity index (χ4v) is 3.46. The standard InChI is InChI=1S/C21H18FNO6S/c1-25-17-8-13(9-18-20(17)27-7-6-26-18)21(24)29-10-15-12-30-19(23-15)11-28-16-4-2-14(22)3-5-16/h2-5,8-9,12H,6-7,10-11H2,1H3. The Morgan fingerprint density at radius 2 is 1.97 bits per heavy atom. The summed E-state index contributed by atoms with van der Waals surface area (Å²) in [5, 5.41) is 2.51. The molecule has 0 saturated carbocycles. The molecule has 9 heteroatoms. The molecule has 0 N–H and O–H groups in total. The van der Waals surface area contributed by atoms with Gasteiger partial charge in [0.15, 0.2) is 11.5 Å². The molecule has 2 heterocycles. The Labute approximate surface area is 175 Å². The number of aromatic nitrogens is 1. The topological polar surface area (TPSA) is 76.1 Å².